The fourth-order valence-electron chi connectivity index (χ4n) is 2.62. The fourth-order valence-corrected chi connectivity index (χ4v) is 2.62. The van der Waals surface area contributed by atoms with Gasteiger partial charge in [-0.1, -0.05) is 20.8 Å². The van der Waals surface area contributed by atoms with Crippen molar-refractivity contribution in [3.05, 3.63) is 23.4 Å². The summed E-state index contributed by atoms with van der Waals surface area (Å²) in [6, 6.07) is 4.52. The Labute approximate surface area is 127 Å². The summed E-state index contributed by atoms with van der Waals surface area (Å²) in [5, 5.41) is 18.7. The molecule has 0 unspecified atom stereocenters. The number of rotatable bonds is 6. The molecular weight excluding hydrogens is 264 g/mol. The average molecular weight is 292 g/mol. The number of pyridine rings is 1. The minimum Gasteiger partial charge on any atom is -0.396 e. The number of nitrogens with zero attached hydrogens (tertiary/aromatic N) is 2. The van der Waals surface area contributed by atoms with E-state index in [4.69, 9.17) is 10.1 Å². The van der Waals surface area contributed by atoms with Gasteiger partial charge in [0, 0.05) is 30.3 Å². The van der Waals surface area contributed by atoms with Gasteiger partial charge in [-0.2, -0.15) is 0 Å². The minimum absolute atomic E-state index is 0.0388. The first kappa shape index (κ1) is 16.2. The molecule has 21 heavy (non-hydrogen) atoms. The van der Waals surface area contributed by atoms with Crippen LogP contribution in [0.3, 0.4) is 0 Å². The molecule has 0 bridgehead atoms. The van der Waals surface area contributed by atoms with E-state index in [0.717, 1.165) is 30.0 Å². The van der Waals surface area contributed by atoms with Crippen LogP contribution in [-0.4, -0.2) is 34.4 Å². The van der Waals surface area contributed by atoms with Gasteiger partial charge in [-0.15, -0.1) is 0 Å². The summed E-state index contributed by atoms with van der Waals surface area (Å²) < 4.78 is 0. The fraction of sp³-hybridized carbons (Fsp3) is 0.706. The summed E-state index contributed by atoms with van der Waals surface area (Å²) in [5.41, 5.74) is 1.89. The highest BCUT2D eigenvalue weighted by Crippen LogP contribution is 2.31. The maximum atomic E-state index is 9.53. The van der Waals surface area contributed by atoms with Crippen molar-refractivity contribution >= 4 is 5.82 Å². The molecule has 1 aromatic heterocycles. The number of hydrogen-bond donors (Lipinski definition) is 2. The van der Waals surface area contributed by atoms with Gasteiger partial charge < -0.3 is 15.1 Å². The molecule has 0 amide bonds. The zero-order chi connectivity index (χ0) is 15.5. The Kier molecular flexibility index (Phi) is 5.22. The maximum Gasteiger partial charge on any atom is 0.129 e. The van der Waals surface area contributed by atoms with E-state index in [2.05, 4.69) is 25.7 Å². The molecule has 4 heteroatoms. The first-order chi connectivity index (χ1) is 9.95. The van der Waals surface area contributed by atoms with Gasteiger partial charge in [-0.3, -0.25) is 0 Å². The van der Waals surface area contributed by atoms with E-state index in [1.54, 1.807) is 0 Å². The zero-order valence-electron chi connectivity index (χ0n) is 13.5. The van der Waals surface area contributed by atoms with E-state index in [1.165, 1.54) is 19.3 Å². The SMILES string of the molecule is CC(C)(C)c1cc(CO)cc(N(CCCO)C2CCC2)n1. The van der Waals surface area contributed by atoms with Crippen molar-refractivity contribution in [2.75, 3.05) is 18.1 Å². The van der Waals surface area contributed by atoms with Crippen LogP contribution in [0.15, 0.2) is 12.1 Å². The largest absolute Gasteiger partial charge is 0.396 e. The standard InChI is InChI=1S/C17H28N2O2/c1-17(2,3)15-10-13(12-21)11-16(18-15)19(8-5-9-20)14-6-4-7-14/h10-11,14,20-21H,4-9,12H2,1-3H3. The Morgan fingerprint density at radius 3 is 2.43 bits per heavy atom. The van der Waals surface area contributed by atoms with Gasteiger partial charge in [0.25, 0.3) is 0 Å². The number of anilines is 1. The molecule has 0 aromatic carbocycles. The quantitative estimate of drug-likeness (QED) is 0.846. The van der Waals surface area contributed by atoms with Crippen LogP contribution in [0.2, 0.25) is 0 Å². The molecule has 1 aliphatic carbocycles. The molecule has 4 nitrogen and oxygen atoms in total. The predicted octanol–water partition coefficient (Wildman–Crippen LogP) is 2.61. The molecule has 1 heterocycles. The van der Waals surface area contributed by atoms with E-state index >= 15 is 0 Å². The molecule has 2 rings (SSSR count). The van der Waals surface area contributed by atoms with Gasteiger partial charge in [0.1, 0.15) is 5.82 Å². The molecule has 0 saturated heterocycles. The zero-order valence-corrected chi connectivity index (χ0v) is 13.5. The second-order valence-corrected chi connectivity index (χ2v) is 6.98. The van der Waals surface area contributed by atoms with Crippen molar-refractivity contribution in [1.29, 1.82) is 0 Å². The lowest BCUT2D eigenvalue weighted by molar-refractivity contribution is 0.279. The van der Waals surface area contributed by atoms with E-state index in [9.17, 15) is 5.11 Å². The van der Waals surface area contributed by atoms with Gasteiger partial charge in [0.2, 0.25) is 0 Å². The van der Waals surface area contributed by atoms with Crippen molar-refractivity contribution in [3.8, 4) is 0 Å². The third-order valence-electron chi connectivity index (χ3n) is 4.19. The van der Waals surface area contributed by atoms with Crippen LogP contribution in [0.25, 0.3) is 0 Å². The molecule has 1 saturated carbocycles. The molecular formula is C17H28N2O2. The third kappa shape index (κ3) is 3.95. The third-order valence-corrected chi connectivity index (χ3v) is 4.19. The summed E-state index contributed by atoms with van der Waals surface area (Å²) in [7, 11) is 0. The van der Waals surface area contributed by atoms with Crippen molar-refractivity contribution in [3.63, 3.8) is 0 Å². The first-order valence-corrected chi connectivity index (χ1v) is 7.95. The summed E-state index contributed by atoms with van der Waals surface area (Å²) in [5.74, 6) is 0.949. The number of aromatic nitrogens is 1. The van der Waals surface area contributed by atoms with Crippen LogP contribution >= 0.6 is 0 Å². The van der Waals surface area contributed by atoms with Crippen molar-refractivity contribution < 1.29 is 10.2 Å². The van der Waals surface area contributed by atoms with E-state index in [1.807, 2.05) is 12.1 Å². The number of aliphatic hydroxyl groups excluding tert-OH is 2. The number of hydrogen-bond acceptors (Lipinski definition) is 4. The van der Waals surface area contributed by atoms with E-state index in [-0.39, 0.29) is 18.6 Å². The van der Waals surface area contributed by atoms with E-state index in [0.29, 0.717) is 6.04 Å². The highest BCUT2D eigenvalue weighted by molar-refractivity contribution is 5.45. The van der Waals surface area contributed by atoms with Gasteiger partial charge >= 0.3 is 0 Å². The van der Waals surface area contributed by atoms with Crippen LogP contribution in [0, 0.1) is 0 Å². The molecule has 0 radical (unpaired) electrons. The van der Waals surface area contributed by atoms with Gasteiger partial charge in [0.15, 0.2) is 0 Å². The lowest BCUT2D eigenvalue weighted by Crippen LogP contribution is -2.42. The van der Waals surface area contributed by atoms with Crippen LogP contribution in [0.1, 0.15) is 57.7 Å². The molecule has 118 valence electrons. The van der Waals surface area contributed by atoms with Crippen molar-refractivity contribution in [2.45, 2.75) is 64.5 Å². The normalized spacial score (nSPS) is 15.9. The second-order valence-electron chi connectivity index (χ2n) is 6.98. The smallest absolute Gasteiger partial charge is 0.129 e. The Balaban J connectivity index is 2.33. The second kappa shape index (κ2) is 6.75. The monoisotopic (exact) mass is 292 g/mol. The van der Waals surface area contributed by atoms with Crippen LogP contribution < -0.4 is 4.90 Å². The topological polar surface area (TPSA) is 56.6 Å². The molecule has 0 spiro atoms. The van der Waals surface area contributed by atoms with Gasteiger partial charge in [-0.25, -0.2) is 4.98 Å². The average Bonchev–Trinajstić information content (AvgIpc) is 2.39. The van der Waals surface area contributed by atoms with Gasteiger partial charge in [-0.05, 0) is 43.4 Å². The molecule has 1 aliphatic rings. The summed E-state index contributed by atoms with van der Waals surface area (Å²) in [6.07, 6.45) is 4.42. The lowest BCUT2D eigenvalue weighted by Gasteiger charge is -2.39. The summed E-state index contributed by atoms with van der Waals surface area (Å²) >= 11 is 0. The van der Waals surface area contributed by atoms with Crippen molar-refractivity contribution in [1.82, 2.24) is 4.98 Å². The highest BCUT2D eigenvalue weighted by atomic mass is 16.3. The molecule has 1 fully saturated rings. The molecule has 2 N–H and O–H groups in total. The number of aliphatic hydroxyl groups is 2. The van der Waals surface area contributed by atoms with E-state index < -0.39 is 0 Å². The summed E-state index contributed by atoms with van der Waals surface area (Å²) in [4.78, 5) is 7.16. The molecule has 0 atom stereocenters. The Morgan fingerprint density at radius 1 is 1.24 bits per heavy atom. The summed E-state index contributed by atoms with van der Waals surface area (Å²) in [6.45, 7) is 7.49. The Morgan fingerprint density at radius 2 is 1.95 bits per heavy atom. The minimum atomic E-state index is -0.0395. The lowest BCUT2D eigenvalue weighted by atomic mass is 9.89. The predicted molar refractivity (Wildman–Crippen MR) is 85.5 cm³/mol. The molecule has 1 aromatic rings. The van der Waals surface area contributed by atoms with Crippen molar-refractivity contribution in [2.24, 2.45) is 0 Å². The maximum absolute atomic E-state index is 9.53. The Bertz CT molecular complexity index is 464. The molecule has 0 aliphatic heterocycles. The van der Waals surface area contributed by atoms with Crippen LogP contribution in [0.5, 0.6) is 0 Å². The first-order valence-electron chi connectivity index (χ1n) is 7.95. The highest BCUT2D eigenvalue weighted by Gasteiger charge is 2.27. The Hall–Kier alpha value is -1.13. The van der Waals surface area contributed by atoms with Crippen LogP contribution in [0.4, 0.5) is 5.82 Å². The van der Waals surface area contributed by atoms with Gasteiger partial charge in [0.05, 0.1) is 6.61 Å². The van der Waals surface area contributed by atoms with Crippen LogP contribution in [-0.2, 0) is 12.0 Å².